The SMILES string of the molecule is CCC(CC)(NC(=O)CC1CNc2ccccc21)C(=O)O. The third-order valence-corrected chi connectivity index (χ3v) is 4.37. The zero-order valence-electron chi connectivity index (χ0n) is 12.5. The number of carbonyl (C=O) groups excluding carboxylic acids is 1. The van der Waals surface area contributed by atoms with E-state index in [-0.39, 0.29) is 11.8 Å². The summed E-state index contributed by atoms with van der Waals surface area (Å²) in [6.07, 6.45) is 1.06. The van der Waals surface area contributed by atoms with E-state index in [0.717, 1.165) is 11.3 Å². The van der Waals surface area contributed by atoms with Crippen LogP contribution in [0.3, 0.4) is 0 Å². The van der Waals surface area contributed by atoms with Gasteiger partial charge in [-0.3, -0.25) is 4.79 Å². The van der Waals surface area contributed by atoms with Crippen molar-refractivity contribution in [2.75, 3.05) is 11.9 Å². The number of anilines is 1. The van der Waals surface area contributed by atoms with Crippen molar-refractivity contribution in [3.63, 3.8) is 0 Å². The van der Waals surface area contributed by atoms with Gasteiger partial charge in [-0.15, -0.1) is 0 Å². The van der Waals surface area contributed by atoms with Crippen LogP contribution in [0.15, 0.2) is 24.3 Å². The first-order chi connectivity index (χ1) is 10.0. The Morgan fingerprint density at radius 1 is 1.33 bits per heavy atom. The van der Waals surface area contributed by atoms with Crippen LogP contribution in [0.25, 0.3) is 0 Å². The Morgan fingerprint density at radius 2 is 2.00 bits per heavy atom. The minimum Gasteiger partial charge on any atom is -0.480 e. The third-order valence-electron chi connectivity index (χ3n) is 4.37. The van der Waals surface area contributed by atoms with E-state index in [4.69, 9.17) is 0 Å². The van der Waals surface area contributed by atoms with Gasteiger partial charge in [0.15, 0.2) is 0 Å². The summed E-state index contributed by atoms with van der Waals surface area (Å²) in [6.45, 7) is 4.28. The molecule has 1 aliphatic rings. The highest BCUT2D eigenvalue weighted by molar-refractivity contribution is 5.87. The Labute approximate surface area is 124 Å². The zero-order valence-corrected chi connectivity index (χ0v) is 12.5. The lowest BCUT2D eigenvalue weighted by atomic mass is 9.91. The Balaban J connectivity index is 2.04. The standard InChI is InChI=1S/C16H22N2O3/c1-3-16(4-2,15(20)21)18-14(19)9-11-10-17-13-8-6-5-7-12(11)13/h5-8,11,17H,3-4,9-10H2,1-2H3,(H,18,19)(H,20,21). The first kappa shape index (κ1) is 15.4. The van der Waals surface area contributed by atoms with Gasteiger partial charge in [0.05, 0.1) is 0 Å². The van der Waals surface area contributed by atoms with Crippen molar-refractivity contribution >= 4 is 17.6 Å². The van der Waals surface area contributed by atoms with Gasteiger partial charge < -0.3 is 15.7 Å². The zero-order chi connectivity index (χ0) is 15.5. The van der Waals surface area contributed by atoms with Crippen LogP contribution in [-0.2, 0) is 9.59 Å². The molecule has 0 saturated heterocycles. The lowest BCUT2D eigenvalue weighted by Gasteiger charge is -2.28. The number of aliphatic carboxylic acids is 1. The van der Waals surface area contributed by atoms with Crippen molar-refractivity contribution in [3.05, 3.63) is 29.8 Å². The van der Waals surface area contributed by atoms with Crippen LogP contribution in [0, 0.1) is 0 Å². The van der Waals surface area contributed by atoms with Gasteiger partial charge >= 0.3 is 5.97 Å². The van der Waals surface area contributed by atoms with Crippen molar-refractivity contribution in [2.24, 2.45) is 0 Å². The van der Waals surface area contributed by atoms with Crippen molar-refractivity contribution < 1.29 is 14.7 Å². The maximum absolute atomic E-state index is 12.2. The van der Waals surface area contributed by atoms with Crippen LogP contribution in [-0.4, -0.2) is 29.1 Å². The van der Waals surface area contributed by atoms with E-state index in [9.17, 15) is 14.7 Å². The summed E-state index contributed by atoms with van der Waals surface area (Å²) in [5, 5.41) is 15.4. The molecular weight excluding hydrogens is 268 g/mol. The Morgan fingerprint density at radius 3 is 2.62 bits per heavy atom. The molecule has 0 saturated carbocycles. The number of nitrogens with one attached hydrogen (secondary N) is 2. The quantitative estimate of drug-likeness (QED) is 0.751. The number of carboxylic acid groups (broad SMARTS) is 1. The molecule has 0 spiro atoms. The number of rotatable bonds is 6. The van der Waals surface area contributed by atoms with Crippen molar-refractivity contribution in [1.82, 2.24) is 5.32 Å². The number of carboxylic acids is 1. The van der Waals surface area contributed by atoms with Gasteiger partial charge in [-0.05, 0) is 24.5 Å². The van der Waals surface area contributed by atoms with Gasteiger partial charge in [-0.25, -0.2) is 4.79 Å². The number of benzene rings is 1. The fourth-order valence-electron chi connectivity index (χ4n) is 2.86. The molecule has 114 valence electrons. The van der Waals surface area contributed by atoms with Crippen LogP contribution < -0.4 is 10.6 Å². The average Bonchev–Trinajstić information content (AvgIpc) is 2.88. The van der Waals surface area contributed by atoms with Crippen molar-refractivity contribution in [1.29, 1.82) is 0 Å². The summed E-state index contributed by atoms with van der Waals surface area (Å²) in [7, 11) is 0. The Hall–Kier alpha value is -2.04. The molecule has 0 aliphatic carbocycles. The molecule has 1 atom stereocenters. The van der Waals surface area contributed by atoms with Crippen molar-refractivity contribution in [3.8, 4) is 0 Å². The van der Waals surface area contributed by atoms with Crippen LogP contribution in [0.5, 0.6) is 0 Å². The fraction of sp³-hybridized carbons (Fsp3) is 0.500. The molecule has 0 radical (unpaired) electrons. The van der Waals surface area contributed by atoms with E-state index in [2.05, 4.69) is 10.6 Å². The molecule has 0 aromatic heterocycles. The van der Waals surface area contributed by atoms with Crippen LogP contribution in [0.2, 0.25) is 0 Å². The van der Waals surface area contributed by atoms with Gasteiger partial charge in [0.25, 0.3) is 0 Å². The van der Waals surface area contributed by atoms with E-state index in [1.807, 2.05) is 24.3 Å². The minimum atomic E-state index is -1.15. The monoisotopic (exact) mass is 290 g/mol. The number of fused-ring (bicyclic) bond motifs is 1. The maximum Gasteiger partial charge on any atom is 0.329 e. The molecule has 3 N–H and O–H groups in total. The van der Waals surface area contributed by atoms with Gasteiger partial charge in [0.1, 0.15) is 5.54 Å². The number of hydrogen-bond acceptors (Lipinski definition) is 3. The Kier molecular flexibility index (Phi) is 4.50. The molecular formula is C16H22N2O3. The van der Waals surface area contributed by atoms with Crippen LogP contribution in [0.4, 0.5) is 5.69 Å². The summed E-state index contributed by atoms with van der Waals surface area (Å²) in [5.74, 6) is -1.07. The van der Waals surface area contributed by atoms with E-state index in [1.165, 1.54) is 0 Å². The van der Waals surface area contributed by atoms with E-state index >= 15 is 0 Å². The largest absolute Gasteiger partial charge is 0.480 e. The highest BCUT2D eigenvalue weighted by Gasteiger charge is 2.37. The highest BCUT2D eigenvalue weighted by Crippen LogP contribution is 2.33. The number of para-hydroxylation sites is 1. The molecule has 1 heterocycles. The molecule has 1 unspecified atom stereocenters. The first-order valence-electron chi connectivity index (χ1n) is 7.39. The van der Waals surface area contributed by atoms with Crippen LogP contribution in [0.1, 0.15) is 44.6 Å². The third kappa shape index (κ3) is 3.01. The number of hydrogen-bond donors (Lipinski definition) is 3. The molecule has 5 heteroatoms. The Bertz CT molecular complexity index is 538. The van der Waals surface area contributed by atoms with Gasteiger partial charge in [-0.2, -0.15) is 0 Å². The second kappa shape index (κ2) is 6.16. The molecule has 0 fully saturated rings. The molecule has 2 rings (SSSR count). The smallest absolute Gasteiger partial charge is 0.329 e. The predicted octanol–water partition coefficient (Wildman–Crippen LogP) is 2.35. The predicted molar refractivity (Wildman–Crippen MR) is 81.4 cm³/mol. The second-order valence-corrected chi connectivity index (χ2v) is 5.51. The summed E-state index contributed by atoms with van der Waals surface area (Å²) >= 11 is 0. The lowest BCUT2D eigenvalue weighted by Crippen LogP contribution is -2.53. The van der Waals surface area contributed by atoms with E-state index in [1.54, 1.807) is 13.8 Å². The van der Waals surface area contributed by atoms with E-state index < -0.39 is 11.5 Å². The average molecular weight is 290 g/mol. The summed E-state index contributed by atoms with van der Waals surface area (Å²) in [4.78, 5) is 23.7. The lowest BCUT2D eigenvalue weighted by molar-refractivity contribution is -0.148. The molecule has 1 aliphatic heterocycles. The van der Waals surface area contributed by atoms with Gasteiger partial charge in [0.2, 0.25) is 5.91 Å². The summed E-state index contributed by atoms with van der Waals surface area (Å²) in [6, 6.07) is 7.92. The van der Waals surface area contributed by atoms with Gasteiger partial charge in [-0.1, -0.05) is 32.0 Å². The minimum absolute atomic E-state index is 0.0985. The highest BCUT2D eigenvalue weighted by atomic mass is 16.4. The second-order valence-electron chi connectivity index (χ2n) is 5.51. The number of carbonyl (C=O) groups is 2. The normalized spacial score (nSPS) is 17.0. The summed E-state index contributed by atoms with van der Waals surface area (Å²) in [5.41, 5.74) is 1.04. The molecule has 1 aromatic carbocycles. The molecule has 1 aromatic rings. The molecule has 21 heavy (non-hydrogen) atoms. The van der Waals surface area contributed by atoms with Crippen LogP contribution >= 0.6 is 0 Å². The maximum atomic E-state index is 12.2. The molecule has 1 amide bonds. The molecule has 5 nitrogen and oxygen atoms in total. The first-order valence-corrected chi connectivity index (χ1v) is 7.39. The topological polar surface area (TPSA) is 78.4 Å². The van der Waals surface area contributed by atoms with E-state index in [0.29, 0.717) is 25.8 Å². The summed E-state index contributed by atoms with van der Waals surface area (Å²) < 4.78 is 0. The van der Waals surface area contributed by atoms with Gasteiger partial charge in [0, 0.05) is 24.6 Å². The molecule has 0 bridgehead atoms. The van der Waals surface area contributed by atoms with Crippen molar-refractivity contribution in [2.45, 2.75) is 44.6 Å². The fourth-order valence-corrected chi connectivity index (χ4v) is 2.86. The number of amides is 1.